The summed E-state index contributed by atoms with van der Waals surface area (Å²) in [6.45, 7) is 5.46. The number of sulfone groups is 1. The molecule has 2 aromatic rings. The molecule has 2 heterocycles. The van der Waals surface area contributed by atoms with Crippen LogP contribution in [-0.4, -0.2) is 37.6 Å². The Morgan fingerprint density at radius 1 is 1.11 bits per heavy atom. The molecule has 0 saturated carbocycles. The largest absolute Gasteiger partial charge is 0.356 e. The summed E-state index contributed by atoms with van der Waals surface area (Å²) in [6, 6.07) is 10.2. The summed E-state index contributed by atoms with van der Waals surface area (Å²) in [7, 11) is -3.54. The molecule has 1 aliphatic rings. The van der Waals surface area contributed by atoms with E-state index in [0.717, 1.165) is 37.3 Å². The lowest BCUT2D eigenvalue weighted by Gasteiger charge is -2.29. The summed E-state index contributed by atoms with van der Waals surface area (Å²) in [5.74, 6) is 0.499. The smallest absolute Gasteiger partial charge is 0.252 e. The number of carbonyl (C=O) groups is 1. The van der Waals surface area contributed by atoms with Crippen molar-refractivity contribution in [3.05, 3.63) is 53.7 Å². The van der Waals surface area contributed by atoms with E-state index in [9.17, 15) is 13.2 Å². The van der Waals surface area contributed by atoms with Gasteiger partial charge in [0.2, 0.25) is 0 Å². The number of hydrogen-bond acceptors (Lipinski definition) is 5. The van der Waals surface area contributed by atoms with Gasteiger partial charge in [-0.05, 0) is 51.3 Å². The van der Waals surface area contributed by atoms with E-state index in [1.807, 2.05) is 12.1 Å². The van der Waals surface area contributed by atoms with Gasteiger partial charge in [-0.1, -0.05) is 18.2 Å². The highest BCUT2D eigenvalue weighted by molar-refractivity contribution is 7.92. The zero-order valence-corrected chi connectivity index (χ0v) is 17.2. The van der Waals surface area contributed by atoms with E-state index in [1.54, 1.807) is 38.2 Å². The van der Waals surface area contributed by atoms with E-state index < -0.39 is 21.0 Å². The van der Waals surface area contributed by atoms with E-state index in [4.69, 9.17) is 0 Å². The first-order chi connectivity index (χ1) is 13.4. The Balaban J connectivity index is 1.79. The van der Waals surface area contributed by atoms with Gasteiger partial charge in [-0.2, -0.15) is 0 Å². The van der Waals surface area contributed by atoms with Crippen LogP contribution >= 0.6 is 0 Å². The molecule has 1 fully saturated rings. The van der Waals surface area contributed by atoms with Crippen LogP contribution < -0.4 is 10.2 Å². The number of piperidine rings is 1. The van der Waals surface area contributed by atoms with Crippen LogP contribution in [0.3, 0.4) is 0 Å². The first-order valence-corrected chi connectivity index (χ1v) is 11.3. The van der Waals surface area contributed by atoms with Crippen LogP contribution in [-0.2, 0) is 16.4 Å². The number of amides is 1. The number of anilines is 1. The fourth-order valence-corrected chi connectivity index (χ4v) is 4.63. The highest BCUT2D eigenvalue weighted by atomic mass is 32.2. The molecule has 6 nitrogen and oxygen atoms in total. The van der Waals surface area contributed by atoms with Gasteiger partial charge in [-0.15, -0.1) is 0 Å². The summed E-state index contributed by atoms with van der Waals surface area (Å²) < 4.78 is 25.2. The topological polar surface area (TPSA) is 79.4 Å². The van der Waals surface area contributed by atoms with Gasteiger partial charge in [0.15, 0.2) is 9.84 Å². The predicted molar refractivity (Wildman–Crippen MR) is 110 cm³/mol. The molecule has 1 aliphatic heterocycles. The van der Waals surface area contributed by atoms with Crippen molar-refractivity contribution in [1.82, 2.24) is 10.3 Å². The molecule has 0 atom stereocenters. The maximum atomic E-state index is 12.8. The van der Waals surface area contributed by atoms with E-state index in [1.165, 1.54) is 12.5 Å². The highest BCUT2D eigenvalue weighted by Gasteiger charge is 2.25. The molecule has 1 N–H and O–H groups in total. The van der Waals surface area contributed by atoms with Crippen molar-refractivity contribution in [2.24, 2.45) is 0 Å². The molecule has 0 unspecified atom stereocenters. The van der Waals surface area contributed by atoms with Gasteiger partial charge in [0.25, 0.3) is 5.91 Å². The third-order valence-corrected chi connectivity index (χ3v) is 7.23. The van der Waals surface area contributed by atoms with Gasteiger partial charge >= 0.3 is 0 Å². The van der Waals surface area contributed by atoms with Crippen molar-refractivity contribution in [3.63, 3.8) is 0 Å². The van der Waals surface area contributed by atoms with Gasteiger partial charge in [-0.25, -0.2) is 13.4 Å². The van der Waals surface area contributed by atoms with Crippen molar-refractivity contribution >= 4 is 21.6 Å². The van der Waals surface area contributed by atoms with Gasteiger partial charge < -0.3 is 10.2 Å². The molecule has 3 rings (SSSR count). The fourth-order valence-electron chi connectivity index (χ4n) is 3.39. The van der Waals surface area contributed by atoms with E-state index in [2.05, 4.69) is 15.2 Å². The monoisotopic (exact) mass is 401 g/mol. The highest BCUT2D eigenvalue weighted by Crippen LogP contribution is 2.23. The zero-order chi connectivity index (χ0) is 20.1. The second kappa shape index (κ2) is 8.73. The number of rotatable bonds is 6. The predicted octanol–water partition coefficient (Wildman–Crippen LogP) is 3.18. The van der Waals surface area contributed by atoms with Gasteiger partial charge in [0.05, 0.1) is 15.7 Å². The second-order valence-electron chi connectivity index (χ2n) is 7.31. The fraction of sp³-hybridized carbons (Fsp3) is 0.429. The minimum Gasteiger partial charge on any atom is -0.356 e. The summed E-state index contributed by atoms with van der Waals surface area (Å²) in [5.41, 5.74) is 1.11. The first-order valence-electron chi connectivity index (χ1n) is 9.71. The molecule has 28 heavy (non-hydrogen) atoms. The zero-order valence-electron chi connectivity index (χ0n) is 16.4. The van der Waals surface area contributed by atoms with Crippen molar-refractivity contribution in [1.29, 1.82) is 0 Å². The lowest BCUT2D eigenvalue weighted by molar-refractivity contribution is 0.0947. The number of pyridine rings is 1. The van der Waals surface area contributed by atoms with Crippen molar-refractivity contribution in [2.45, 2.75) is 49.8 Å². The van der Waals surface area contributed by atoms with E-state index in [0.29, 0.717) is 6.54 Å². The molecule has 0 aliphatic carbocycles. The summed E-state index contributed by atoms with van der Waals surface area (Å²) >= 11 is 0. The average molecular weight is 402 g/mol. The summed E-state index contributed by atoms with van der Waals surface area (Å²) in [4.78, 5) is 19.6. The Labute approximate surface area is 166 Å². The minimum atomic E-state index is -3.54. The van der Waals surface area contributed by atoms with Crippen molar-refractivity contribution < 1.29 is 13.2 Å². The van der Waals surface area contributed by atoms with E-state index >= 15 is 0 Å². The third kappa shape index (κ3) is 4.35. The summed E-state index contributed by atoms with van der Waals surface area (Å²) in [5, 5.41) is 2.28. The maximum Gasteiger partial charge on any atom is 0.252 e. The Bertz CT molecular complexity index is 935. The number of benzene rings is 1. The van der Waals surface area contributed by atoms with Crippen LogP contribution in [0.4, 0.5) is 5.82 Å². The molecular formula is C21H27N3O3S. The average Bonchev–Trinajstić information content (AvgIpc) is 2.72. The number of aromatic nitrogens is 1. The number of nitrogens with one attached hydrogen (secondary N) is 1. The molecule has 1 aromatic heterocycles. The minimum absolute atomic E-state index is 0.0740. The van der Waals surface area contributed by atoms with Crippen LogP contribution in [0, 0.1) is 0 Å². The Morgan fingerprint density at radius 2 is 1.82 bits per heavy atom. The van der Waals surface area contributed by atoms with Crippen LogP contribution in [0.15, 0.2) is 47.5 Å². The molecule has 1 aromatic carbocycles. The van der Waals surface area contributed by atoms with Crippen LogP contribution in [0.25, 0.3) is 0 Å². The quantitative estimate of drug-likeness (QED) is 0.804. The molecule has 1 saturated heterocycles. The number of carbonyl (C=O) groups excluding carboxylic acids is 1. The number of hydrogen-bond donors (Lipinski definition) is 1. The Hall–Kier alpha value is -2.41. The lowest BCUT2D eigenvalue weighted by atomic mass is 10.1. The van der Waals surface area contributed by atoms with Gasteiger partial charge in [0.1, 0.15) is 5.82 Å². The van der Waals surface area contributed by atoms with Crippen molar-refractivity contribution in [3.8, 4) is 0 Å². The third-order valence-electron chi connectivity index (χ3n) is 5.02. The van der Waals surface area contributed by atoms with Crippen LogP contribution in [0.1, 0.15) is 49.0 Å². The lowest BCUT2D eigenvalue weighted by Crippen LogP contribution is -2.32. The maximum absolute atomic E-state index is 12.8. The molecule has 0 radical (unpaired) electrons. The SMILES string of the molecule is CC(C)S(=O)(=O)c1ccccc1C(=O)NCc1cccnc1N1CCCCC1. The molecular weight excluding hydrogens is 374 g/mol. The molecule has 7 heteroatoms. The number of nitrogens with zero attached hydrogens (tertiary/aromatic N) is 2. The normalized spacial score (nSPS) is 14.9. The van der Waals surface area contributed by atoms with Crippen molar-refractivity contribution in [2.75, 3.05) is 18.0 Å². The first kappa shape index (κ1) is 20.3. The Morgan fingerprint density at radius 3 is 2.54 bits per heavy atom. The Kier molecular flexibility index (Phi) is 6.34. The standard InChI is InChI=1S/C21H27N3O3S/c1-16(2)28(26,27)19-11-5-4-10-18(19)21(25)23-15-17-9-8-12-22-20(17)24-13-6-3-7-14-24/h4-5,8-12,16H,3,6-7,13-15H2,1-2H3,(H,23,25). The van der Waals surface area contributed by atoms with E-state index in [-0.39, 0.29) is 10.5 Å². The molecule has 1 amide bonds. The summed E-state index contributed by atoms with van der Waals surface area (Å²) in [6.07, 6.45) is 5.28. The molecule has 150 valence electrons. The van der Waals surface area contributed by atoms with Crippen LogP contribution in [0.5, 0.6) is 0 Å². The second-order valence-corrected chi connectivity index (χ2v) is 9.78. The van der Waals surface area contributed by atoms with Crippen LogP contribution in [0.2, 0.25) is 0 Å². The van der Waals surface area contributed by atoms with Gasteiger partial charge in [0, 0.05) is 31.4 Å². The molecule has 0 spiro atoms. The van der Waals surface area contributed by atoms with Gasteiger partial charge in [-0.3, -0.25) is 4.79 Å². The molecule has 0 bridgehead atoms.